The first-order chi connectivity index (χ1) is 10.5. The van der Waals surface area contributed by atoms with Crippen LogP contribution in [-0.2, 0) is 0 Å². The predicted molar refractivity (Wildman–Crippen MR) is 79.5 cm³/mol. The number of ether oxygens (including phenoxy) is 1. The van der Waals surface area contributed by atoms with Crippen LogP contribution in [0.1, 0.15) is 10.4 Å². The lowest BCUT2D eigenvalue weighted by atomic mass is 10.1. The summed E-state index contributed by atoms with van der Waals surface area (Å²) in [5.74, 6) is -1.05. The Balaban J connectivity index is 2.32. The van der Waals surface area contributed by atoms with E-state index in [-0.39, 0.29) is 11.3 Å². The minimum Gasteiger partial charge on any atom is -0.495 e. The molecule has 22 heavy (non-hydrogen) atoms. The van der Waals surface area contributed by atoms with Crippen molar-refractivity contribution in [2.45, 2.75) is 0 Å². The van der Waals surface area contributed by atoms with Gasteiger partial charge in [0.05, 0.1) is 12.8 Å². The van der Waals surface area contributed by atoms with Crippen molar-refractivity contribution in [1.82, 2.24) is 0 Å². The van der Waals surface area contributed by atoms with E-state index in [1.165, 1.54) is 43.5 Å². The van der Waals surface area contributed by atoms with Gasteiger partial charge in [-0.25, -0.2) is 9.18 Å². The maximum absolute atomic E-state index is 13.0. The van der Waals surface area contributed by atoms with Gasteiger partial charge in [0.2, 0.25) is 0 Å². The third-order valence-corrected chi connectivity index (χ3v) is 3.36. The zero-order valence-electron chi connectivity index (χ0n) is 11.6. The van der Waals surface area contributed by atoms with Crippen LogP contribution in [0.3, 0.4) is 0 Å². The van der Waals surface area contributed by atoms with E-state index in [0.29, 0.717) is 28.0 Å². The van der Waals surface area contributed by atoms with Crippen LogP contribution < -0.4 is 10.5 Å². The zero-order valence-corrected chi connectivity index (χ0v) is 11.6. The number of hydrogen-bond donors (Lipinski definition) is 2. The molecule has 3 aromatic rings. The van der Waals surface area contributed by atoms with Gasteiger partial charge in [0, 0.05) is 17.0 Å². The van der Waals surface area contributed by atoms with Crippen LogP contribution in [0.15, 0.2) is 40.8 Å². The summed E-state index contributed by atoms with van der Waals surface area (Å²) in [7, 11) is 1.44. The molecule has 0 amide bonds. The lowest BCUT2D eigenvalue weighted by molar-refractivity contribution is 0.0699. The van der Waals surface area contributed by atoms with Crippen LogP contribution in [0.5, 0.6) is 5.75 Å². The fraction of sp³-hybridized carbons (Fsp3) is 0.0625. The largest absolute Gasteiger partial charge is 0.495 e. The fourth-order valence-electron chi connectivity index (χ4n) is 2.33. The van der Waals surface area contributed by atoms with Gasteiger partial charge in [0.25, 0.3) is 0 Å². The molecule has 5 nitrogen and oxygen atoms in total. The molecule has 0 fully saturated rings. The summed E-state index contributed by atoms with van der Waals surface area (Å²) in [5.41, 5.74) is 6.93. The Morgan fingerprint density at radius 1 is 1.27 bits per heavy atom. The first-order valence-corrected chi connectivity index (χ1v) is 6.40. The highest BCUT2D eigenvalue weighted by Crippen LogP contribution is 2.37. The molecule has 6 heteroatoms. The maximum atomic E-state index is 13.0. The monoisotopic (exact) mass is 301 g/mol. The molecule has 0 atom stereocenters. The van der Waals surface area contributed by atoms with E-state index in [2.05, 4.69) is 0 Å². The molecule has 0 bridgehead atoms. The third-order valence-electron chi connectivity index (χ3n) is 3.36. The number of nitrogen functional groups attached to an aromatic ring is 1. The number of methoxy groups -OCH3 is 1. The predicted octanol–water partition coefficient (Wildman–Crippen LogP) is 3.53. The highest BCUT2D eigenvalue weighted by atomic mass is 19.1. The summed E-state index contributed by atoms with van der Waals surface area (Å²) < 4.78 is 23.8. The van der Waals surface area contributed by atoms with Crippen LogP contribution >= 0.6 is 0 Å². The minimum absolute atomic E-state index is 0.0140. The smallest absolute Gasteiger partial charge is 0.340 e. The Labute approximate surface area is 124 Å². The van der Waals surface area contributed by atoms with Crippen molar-refractivity contribution < 1.29 is 23.4 Å². The number of furan rings is 1. The quantitative estimate of drug-likeness (QED) is 0.723. The number of carboxylic acids is 1. The summed E-state index contributed by atoms with van der Waals surface area (Å²) in [4.78, 5) is 11.6. The first kappa shape index (κ1) is 13.9. The van der Waals surface area contributed by atoms with Crippen molar-refractivity contribution in [3.05, 3.63) is 47.8 Å². The second kappa shape index (κ2) is 5.07. The van der Waals surface area contributed by atoms with Gasteiger partial charge in [-0.1, -0.05) is 0 Å². The number of anilines is 1. The summed E-state index contributed by atoms with van der Waals surface area (Å²) in [6, 6.07) is 8.42. The number of rotatable bonds is 3. The third kappa shape index (κ3) is 2.14. The van der Waals surface area contributed by atoms with Gasteiger partial charge in [-0.3, -0.25) is 0 Å². The van der Waals surface area contributed by atoms with Gasteiger partial charge in [-0.15, -0.1) is 0 Å². The van der Waals surface area contributed by atoms with Crippen LogP contribution in [0.4, 0.5) is 10.1 Å². The highest BCUT2D eigenvalue weighted by molar-refractivity contribution is 6.09. The number of aromatic carboxylic acids is 1. The number of fused-ring (bicyclic) bond motifs is 1. The van der Waals surface area contributed by atoms with E-state index in [1.807, 2.05) is 0 Å². The molecule has 0 unspecified atom stereocenters. The highest BCUT2D eigenvalue weighted by Gasteiger charge is 2.23. The van der Waals surface area contributed by atoms with Crippen molar-refractivity contribution in [2.24, 2.45) is 0 Å². The van der Waals surface area contributed by atoms with Crippen molar-refractivity contribution in [1.29, 1.82) is 0 Å². The van der Waals surface area contributed by atoms with E-state index in [1.54, 1.807) is 0 Å². The number of halogens is 1. The normalized spacial score (nSPS) is 10.8. The van der Waals surface area contributed by atoms with Gasteiger partial charge in [0.1, 0.15) is 28.5 Å². The standard InChI is InChI=1S/C16H12FNO4/c1-21-13-6-10-12(7-11(13)18)22-15(14(10)16(19)20)8-2-4-9(17)5-3-8/h2-7H,18H2,1H3,(H,19,20). The number of benzene rings is 2. The molecule has 0 radical (unpaired) electrons. The minimum atomic E-state index is -1.15. The summed E-state index contributed by atoms with van der Waals surface area (Å²) in [6.07, 6.45) is 0. The maximum Gasteiger partial charge on any atom is 0.340 e. The van der Waals surface area contributed by atoms with Crippen LogP contribution in [0.25, 0.3) is 22.3 Å². The van der Waals surface area contributed by atoms with Crippen LogP contribution in [0, 0.1) is 5.82 Å². The second-order valence-corrected chi connectivity index (χ2v) is 4.71. The number of hydrogen-bond acceptors (Lipinski definition) is 4. The van der Waals surface area contributed by atoms with Gasteiger partial charge in [-0.2, -0.15) is 0 Å². The van der Waals surface area contributed by atoms with Gasteiger partial charge in [-0.05, 0) is 30.3 Å². The van der Waals surface area contributed by atoms with Gasteiger partial charge in [0.15, 0.2) is 0 Å². The molecule has 0 saturated carbocycles. The second-order valence-electron chi connectivity index (χ2n) is 4.71. The number of carbonyl (C=O) groups is 1. The molecule has 0 saturated heterocycles. The van der Waals surface area contributed by atoms with E-state index < -0.39 is 11.8 Å². The molecule has 0 aliphatic carbocycles. The molecule has 0 aliphatic rings. The topological polar surface area (TPSA) is 85.7 Å². The Bertz CT molecular complexity index is 868. The first-order valence-electron chi connectivity index (χ1n) is 6.40. The van der Waals surface area contributed by atoms with Crippen LogP contribution in [-0.4, -0.2) is 18.2 Å². The Morgan fingerprint density at radius 2 is 1.95 bits per heavy atom. The van der Waals surface area contributed by atoms with E-state index in [4.69, 9.17) is 14.9 Å². The molecule has 2 aromatic carbocycles. The molecule has 3 N–H and O–H groups in total. The molecule has 1 aromatic heterocycles. The Morgan fingerprint density at radius 3 is 2.55 bits per heavy atom. The molecule has 0 spiro atoms. The summed E-state index contributed by atoms with van der Waals surface area (Å²) >= 11 is 0. The van der Waals surface area contributed by atoms with Crippen molar-refractivity contribution in [3.8, 4) is 17.1 Å². The van der Waals surface area contributed by atoms with E-state index in [0.717, 1.165) is 0 Å². The van der Waals surface area contributed by atoms with E-state index in [9.17, 15) is 14.3 Å². The lowest BCUT2D eigenvalue weighted by Crippen LogP contribution is -1.98. The Kier molecular flexibility index (Phi) is 3.21. The lowest BCUT2D eigenvalue weighted by Gasteiger charge is -2.03. The SMILES string of the molecule is COc1cc2c(C(=O)O)c(-c3ccc(F)cc3)oc2cc1N. The van der Waals surface area contributed by atoms with Crippen molar-refractivity contribution in [3.63, 3.8) is 0 Å². The van der Waals surface area contributed by atoms with Crippen molar-refractivity contribution in [2.75, 3.05) is 12.8 Å². The Hall–Kier alpha value is -3.02. The average Bonchev–Trinajstić information content (AvgIpc) is 2.85. The van der Waals surface area contributed by atoms with Gasteiger partial charge < -0.3 is 20.0 Å². The molecule has 3 rings (SSSR count). The fourth-order valence-corrected chi connectivity index (χ4v) is 2.33. The summed E-state index contributed by atoms with van der Waals surface area (Å²) in [6.45, 7) is 0. The zero-order chi connectivity index (χ0) is 15.9. The van der Waals surface area contributed by atoms with Crippen molar-refractivity contribution >= 4 is 22.6 Å². The van der Waals surface area contributed by atoms with Crippen LogP contribution in [0.2, 0.25) is 0 Å². The molecule has 1 heterocycles. The summed E-state index contributed by atoms with van der Waals surface area (Å²) in [5, 5.41) is 9.87. The molecular weight excluding hydrogens is 289 g/mol. The van der Waals surface area contributed by atoms with Gasteiger partial charge >= 0.3 is 5.97 Å². The molecule has 0 aliphatic heterocycles. The van der Waals surface area contributed by atoms with E-state index >= 15 is 0 Å². The average molecular weight is 301 g/mol. The molecule has 112 valence electrons. The number of nitrogens with two attached hydrogens (primary N) is 1. The molecular formula is C16H12FNO4. The number of carboxylic acid groups (broad SMARTS) is 1.